The number of carbonyl (C=O) groups is 1. The Morgan fingerprint density at radius 2 is 2.12 bits per heavy atom. The molecule has 0 aromatic heterocycles. The minimum Gasteiger partial charge on any atom is -0.491 e. The van der Waals surface area contributed by atoms with E-state index in [4.69, 9.17) is 9.47 Å². The highest BCUT2D eigenvalue weighted by molar-refractivity contribution is 5.87. The van der Waals surface area contributed by atoms with Crippen molar-refractivity contribution in [3.63, 3.8) is 0 Å². The van der Waals surface area contributed by atoms with Gasteiger partial charge in [0, 0.05) is 39.2 Å². The molecular weight excluding hydrogens is 318 g/mol. The molecule has 0 spiro atoms. The van der Waals surface area contributed by atoms with E-state index in [1.54, 1.807) is 0 Å². The molecule has 1 unspecified atom stereocenters. The Labute approximate surface area is 150 Å². The third-order valence-corrected chi connectivity index (χ3v) is 5.23. The lowest BCUT2D eigenvalue weighted by molar-refractivity contribution is -0.135. The Bertz CT molecular complexity index is 585. The van der Waals surface area contributed by atoms with Crippen LogP contribution >= 0.6 is 0 Å². The molecule has 6 heteroatoms. The second-order valence-electron chi connectivity index (χ2n) is 7.06. The molecule has 1 fully saturated rings. The lowest BCUT2D eigenvalue weighted by Gasteiger charge is -2.41. The van der Waals surface area contributed by atoms with Crippen LogP contribution in [0.2, 0.25) is 0 Å². The smallest absolute Gasteiger partial charge is 0.244 e. The van der Waals surface area contributed by atoms with E-state index in [0.717, 1.165) is 50.6 Å². The molecule has 0 aliphatic carbocycles. The van der Waals surface area contributed by atoms with Crippen molar-refractivity contribution in [3.8, 4) is 5.75 Å². The zero-order chi connectivity index (χ0) is 17.7. The summed E-state index contributed by atoms with van der Waals surface area (Å²) in [5, 5.41) is 3.13. The highest BCUT2D eigenvalue weighted by Crippen LogP contribution is 2.31. The standard InChI is InChI=1S/C19H29N3O3/c1-21(2)19(14-16-6-3-4-7-17(16)25-15-19)18(23)20-8-10-22-9-5-12-24-13-11-22/h3-4,6-7H,5,8-15H2,1-2H3,(H,20,23). The molecule has 6 nitrogen and oxygen atoms in total. The summed E-state index contributed by atoms with van der Waals surface area (Å²) in [5.41, 5.74) is 0.429. The Kier molecular flexibility index (Phi) is 5.93. The van der Waals surface area contributed by atoms with Gasteiger partial charge in [-0.15, -0.1) is 0 Å². The number of rotatable bonds is 5. The summed E-state index contributed by atoms with van der Waals surface area (Å²) in [6.07, 6.45) is 1.72. The van der Waals surface area contributed by atoms with Crippen LogP contribution in [0.25, 0.3) is 0 Å². The lowest BCUT2D eigenvalue weighted by Crippen LogP contribution is -2.62. The molecular formula is C19H29N3O3. The second-order valence-corrected chi connectivity index (χ2v) is 7.06. The SMILES string of the molecule is CN(C)C1(C(=O)NCCN2CCCOCC2)COc2ccccc2C1. The Balaban J connectivity index is 1.60. The van der Waals surface area contributed by atoms with Gasteiger partial charge in [-0.05, 0) is 32.1 Å². The van der Waals surface area contributed by atoms with Crippen LogP contribution in [-0.2, 0) is 16.0 Å². The molecule has 1 atom stereocenters. The maximum atomic E-state index is 13.0. The quantitative estimate of drug-likeness (QED) is 0.852. The number of nitrogens with one attached hydrogen (secondary N) is 1. The molecule has 25 heavy (non-hydrogen) atoms. The largest absolute Gasteiger partial charge is 0.491 e. The first kappa shape index (κ1) is 18.2. The van der Waals surface area contributed by atoms with Crippen molar-refractivity contribution in [2.75, 3.05) is 60.1 Å². The van der Waals surface area contributed by atoms with Crippen LogP contribution in [0.3, 0.4) is 0 Å². The summed E-state index contributed by atoms with van der Waals surface area (Å²) in [7, 11) is 3.89. The Hall–Kier alpha value is -1.63. The zero-order valence-corrected chi connectivity index (χ0v) is 15.3. The molecule has 0 radical (unpaired) electrons. The van der Waals surface area contributed by atoms with Crippen LogP contribution in [0.15, 0.2) is 24.3 Å². The van der Waals surface area contributed by atoms with Gasteiger partial charge in [-0.3, -0.25) is 14.6 Å². The number of carbonyl (C=O) groups excluding carboxylic acids is 1. The predicted octanol–water partition coefficient (Wildman–Crippen LogP) is 0.760. The summed E-state index contributed by atoms with van der Waals surface area (Å²) in [6, 6.07) is 7.96. The van der Waals surface area contributed by atoms with Crippen LogP contribution in [0.5, 0.6) is 5.75 Å². The van der Waals surface area contributed by atoms with E-state index in [1.165, 1.54) is 0 Å². The van der Waals surface area contributed by atoms with E-state index in [0.29, 0.717) is 19.6 Å². The van der Waals surface area contributed by atoms with Gasteiger partial charge in [0.05, 0.1) is 6.61 Å². The van der Waals surface area contributed by atoms with Gasteiger partial charge in [0.1, 0.15) is 17.9 Å². The first-order valence-electron chi connectivity index (χ1n) is 9.08. The van der Waals surface area contributed by atoms with E-state index in [9.17, 15) is 4.79 Å². The molecule has 0 bridgehead atoms. The highest BCUT2D eigenvalue weighted by atomic mass is 16.5. The normalized spacial score (nSPS) is 24.3. The molecule has 138 valence electrons. The maximum absolute atomic E-state index is 13.0. The first-order valence-corrected chi connectivity index (χ1v) is 9.08. The van der Waals surface area contributed by atoms with Crippen LogP contribution in [0, 0.1) is 0 Å². The number of amides is 1. The van der Waals surface area contributed by atoms with E-state index in [2.05, 4.69) is 10.2 Å². The van der Waals surface area contributed by atoms with Gasteiger partial charge in [0.2, 0.25) is 5.91 Å². The van der Waals surface area contributed by atoms with Crippen molar-refractivity contribution < 1.29 is 14.3 Å². The van der Waals surface area contributed by atoms with Gasteiger partial charge in [0.25, 0.3) is 0 Å². The third-order valence-electron chi connectivity index (χ3n) is 5.23. The minimum absolute atomic E-state index is 0.0399. The van der Waals surface area contributed by atoms with Crippen LogP contribution < -0.4 is 10.1 Å². The minimum atomic E-state index is -0.656. The van der Waals surface area contributed by atoms with E-state index in [-0.39, 0.29) is 5.91 Å². The molecule has 1 aromatic rings. The summed E-state index contributed by atoms with van der Waals surface area (Å²) in [6.45, 7) is 5.46. The molecule has 1 aromatic carbocycles. The van der Waals surface area contributed by atoms with Gasteiger partial charge in [-0.1, -0.05) is 18.2 Å². The third kappa shape index (κ3) is 4.14. The van der Waals surface area contributed by atoms with E-state index in [1.807, 2.05) is 43.3 Å². The highest BCUT2D eigenvalue weighted by Gasteiger charge is 2.44. The number of likely N-dealkylation sites (N-methyl/N-ethyl adjacent to an activating group) is 1. The fraction of sp³-hybridized carbons (Fsp3) is 0.632. The van der Waals surface area contributed by atoms with Crippen molar-refractivity contribution in [1.29, 1.82) is 0 Å². The predicted molar refractivity (Wildman–Crippen MR) is 96.9 cm³/mol. The molecule has 2 aliphatic rings. The van der Waals surface area contributed by atoms with Crippen LogP contribution in [-0.4, -0.2) is 81.3 Å². The van der Waals surface area contributed by atoms with Crippen molar-refractivity contribution in [3.05, 3.63) is 29.8 Å². The average molecular weight is 347 g/mol. The number of para-hydroxylation sites is 1. The number of ether oxygens (including phenoxy) is 2. The number of fused-ring (bicyclic) bond motifs is 1. The molecule has 3 rings (SSSR count). The first-order chi connectivity index (χ1) is 12.1. The summed E-state index contributed by atoms with van der Waals surface area (Å²) in [5.74, 6) is 0.926. The van der Waals surface area contributed by atoms with Gasteiger partial charge >= 0.3 is 0 Å². The lowest BCUT2D eigenvalue weighted by atomic mass is 9.86. The van der Waals surface area contributed by atoms with Crippen molar-refractivity contribution in [1.82, 2.24) is 15.1 Å². The van der Waals surface area contributed by atoms with Gasteiger partial charge in [-0.25, -0.2) is 0 Å². The number of benzene rings is 1. The molecule has 1 amide bonds. The van der Waals surface area contributed by atoms with Crippen molar-refractivity contribution in [2.24, 2.45) is 0 Å². The fourth-order valence-corrected chi connectivity index (χ4v) is 3.50. The van der Waals surface area contributed by atoms with Crippen LogP contribution in [0.1, 0.15) is 12.0 Å². The van der Waals surface area contributed by atoms with Gasteiger partial charge < -0.3 is 14.8 Å². The van der Waals surface area contributed by atoms with Crippen LogP contribution in [0.4, 0.5) is 0 Å². The number of hydrogen-bond donors (Lipinski definition) is 1. The summed E-state index contributed by atoms with van der Waals surface area (Å²) in [4.78, 5) is 17.3. The second kappa shape index (κ2) is 8.17. The van der Waals surface area contributed by atoms with Crippen molar-refractivity contribution >= 4 is 5.91 Å². The monoisotopic (exact) mass is 347 g/mol. The molecule has 2 heterocycles. The Morgan fingerprint density at radius 1 is 1.28 bits per heavy atom. The van der Waals surface area contributed by atoms with E-state index < -0.39 is 5.54 Å². The number of hydrogen-bond acceptors (Lipinski definition) is 5. The average Bonchev–Trinajstić information content (AvgIpc) is 2.89. The van der Waals surface area contributed by atoms with Crippen molar-refractivity contribution in [2.45, 2.75) is 18.4 Å². The molecule has 1 N–H and O–H groups in total. The Morgan fingerprint density at radius 3 is 2.96 bits per heavy atom. The summed E-state index contributed by atoms with van der Waals surface area (Å²) >= 11 is 0. The van der Waals surface area contributed by atoms with E-state index >= 15 is 0 Å². The molecule has 1 saturated heterocycles. The number of nitrogens with zero attached hydrogens (tertiary/aromatic N) is 2. The molecule has 2 aliphatic heterocycles. The van der Waals surface area contributed by atoms with Gasteiger partial charge in [0.15, 0.2) is 0 Å². The topological polar surface area (TPSA) is 54.0 Å². The maximum Gasteiger partial charge on any atom is 0.244 e. The zero-order valence-electron chi connectivity index (χ0n) is 15.3. The fourth-order valence-electron chi connectivity index (χ4n) is 3.50. The molecule has 0 saturated carbocycles. The van der Waals surface area contributed by atoms with Gasteiger partial charge in [-0.2, -0.15) is 0 Å². The summed E-state index contributed by atoms with van der Waals surface area (Å²) < 4.78 is 11.4.